The number of hydrogen-bond acceptors (Lipinski definition) is 2. The van der Waals surface area contributed by atoms with Crippen molar-refractivity contribution in [3.05, 3.63) is 70.8 Å². The maximum atomic E-state index is 11.8. The quantitative estimate of drug-likeness (QED) is 0.880. The molecule has 3 nitrogen and oxygen atoms in total. The molecule has 24 heavy (non-hydrogen) atoms. The number of hydrogen-bond donors (Lipinski definition) is 2. The van der Waals surface area contributed by atoms with Crippen LogP contribution in [0.4, 0.5) is 0 Å². The van der Waals surface area contributed by atoms with Gasteiger partial charge >= 0.3 is 0 Å². The van der Waals surface area contributed by atoms with E-state index in [-0.39, 0.29) is 30.4 Å². The van der Waals surface area contributed by atoms with Crippen LogP contribution in [0.1, 0.15) is 47.1 Å². The summed E-state index contributed by atoms with van der Waals surface area (Å²) < 4.78 is 0. The molecule has 126 valence electrons. The Morgan fingerprint density at radius 3 is 2.42 bits per heavy atom. The van der Waals surface area contributed by atoms with Crippen LogP contribution in [0.3, 0.4) is 0 Å². The van der Waals surface area contributed by atoms with Crippen LogP contribution in [0.2, 0.25) is 0 Å². The van der Waals surface area contributed by atoms with Gasteiger partial charge in [0.25, 0.3) is 0 Å². The summed E-state index contributed by atoms with van der Waals surface area (Å²) in [6.07, 6.45) is 4.19. The maximum Gasteiger partial charge on any atom is 0.234 e. The Morgan fingerprint density at radius 1 is 1.00 bits per heavy atom. The van der Waals surface area contributed by atoms with Gasteiger partial charge in [0, 0.05) is 12.0 Å². The molecule has 2 unspecified atom stereocenters. The minimum atomic E-state index is -0.274. The third kappa shape index (κ3) is 2.94. The summed E-state index contributed by atoms with van der Waals surface area (Å²) in [5.41, 5.74) is 11.1. The van der Waals surface area contributed by atoms with Gasteiger partial charge in [0.2, 0.25) is 5.91 Å². The van der Waals surface area contributed by atoms with Crippen LogP contribution in [0.15, 0.2) is 48.5 Å². The van der Waals surface area contributed by atoms with Gasteiger partial charge in [-0.2, -0.15) is 0 Å². The Bertz CT molecular complexity index is 746. The lowest BCUT2D eigenvalue weighted by molar-refractivity contribution is -0.120. The number of nitrogens with one attached hydrogen (secondary N) is 1. The van der Waals surface area contributed by atoms with E-state index in [0.717, 1.165) is 12.8 Å². The predicted octanol–water partition coefficient (Wildman–Crippen LogP) is 3.27. The second-order valence-corrected chi connectivity index (χ2v) is 6.70. The van der Waals surface area contributed by atoms with E-state index in [0.29, 0.717) is 12.3 Å². The van der Waals surface area contributed by atoms with Crippen LogP contribution < -0.4 is 11.1 Å². The van der Waals surface area contributed by atoms with Crippen molar-refractivity contribution >= 4 is 18.3 Å². The van der Waals surface area contributed by atoms with Crippen LogP contribution in [0.5, 0.6) is 0 Å². The summed E-state index contributed by atoms with van der Waals surface area (Å²) in [5.74, 6) is 0.150. The molecule has 1 aliphatic carbocycles. The van der Waals surface area contributed by atoms with E-state index >= 15 is 0 Å². The van der Waals surface area contributed by atoms with Gasteiger partial charge in [-0.1, -0.05) is 48.5 Å². The fourth-order valence-corrected chi connectivity index (χ4v) is 4.26. The molecule has 0 fully saturated rings. The summed E-state index contributed by atoms with van der Waals surface area (Å²) in [4.78, 5) is 11.8. The smallest absolute Gasteiger partial charge is 0.234 e. The molecule has 4 rings (SSSR count). The van der Waals surface area contributed by atoms with Gasteiger partial charge in [-0.3, -0.25) is 10.1 Å². The molecule has 1 aliphatic heterocycles. The highest BCUT2D eigenvalue weighted by molar-refractivity contribution is 5.85. The summed E-state index contributed by atoms with van der Waals surface area (Å²) in [6.45, 7) is 0. The number of halogens is 1. The number of nitrogens with two attached hydrogens (primary N) is 1. The van der Waals surface area contributed by atoms with Crippen molar-refractivity contribution in [2.75, 3.05) is 0 Å². The van der Waals surface area contributed by atoms with Crippen molar-refractivity contribution in [3.8, 4) is 0 Å². The third-order valence-electron chi connectivity index (χ3n) is 5.36. The Hall–Kier alpha value is -1.84. The van der Waals surface area contributed by atoms with E-state index in [4.69, 9.17) is 5.73 Å². The molecule has 1 amide bonds. The molecule has 0 saturated heterocycles. The molecular weight excluding hydrogens is 320 g/mol. The largest absolute Gasteiger partial charge is 0.368 e. The van der Waals surface area contributed by atoms with Crippen molar-refractivity contribution in [2.45, 2.75) is 43.7 Å². The zero-order valence-corrected chi connectivity index (χ0v) is 14.4. The highest BCUT2D eigenvalue weighted by Crippen LogP contribution is 2.43. The zero-order valence-electron chi connectivity index (χ0n) is 13.6. The number of carbonyl (C=O) groups excluding carboxylic acids is 1. The van der Waals surface area contributed by atoms with E-state index in [2.05, 4.69) is 47.8 Å². The first-order valence-electron chi connectivity index (χ1n) is 8.45. The van der Waals surface area contributed by atoms with Crippen molar-refractivity contribution in [1.82, 2.24) is 5.32 Å². The lowest BCUT2D eigenvalue weighted by Gasteiger charge is -2.39. The second kappa shape index (κ2) is 6.96. The van der Waals surface area contributed by atoms with Crippen molar-refractivity contribution < 1.29 is 4.79 Å². The average molecular weight is 343 g/mol. The SMILES string of the molecule is Cl.NC(=O)C1Cc2ccccc2C([C@@H]2CCCc3ccccc32)N1. The summed E-state index contributed by atoms with van der Waals surface area (Å²) in [6, 6.07) is 17.1. The van der Waals surface area contributed by atoms with Crippen molar-refractivity contribution in [2.24, 2.45) is 5.73 Å². The lowest BCUT2D eigenvalue weighted by atomic mass is 9.74. The Balaban J connectivity index is 0.00000169. The zero-order chi connectivity index (χ0) is 15.8. The normalized spacial score (nSPS) is 25.1. The van der Waals surface area contributed by atoms with Gasteiger partial charge in [-0.15, -0.1) is 12.4 Å². The third-order valence-corrected chi connectivity index (χ3v) is 5.36. The van der Waals surface area contributed by atoms with E-state index < -0.39 is 0 Å². The minimum Gasteiger partial charge on any atom is -0.368 e. The fourth-order valence-electron chi connectivity index (χ4n) is 4.26. The topological polar surface area (TPSA) is 55.1 Å². The van der Waals surface area contributed by atoms with Crippen LogP contribution in [0, 0.1) is 0 Å². The first-order valence-corrected chi connectivity index (χ1v) is 8.45. The van der Waals surface area contributed by atoms with Gasteiger partial charge in [-0.05, 0) is 47.9 Å². The number of benzene rings is 2. The number of aryl methyl sites for hydroxylation is 1. The average Bonchev–Trinajstić information content (AvgIpc) is 2.60. The number of amides is 1. The molecule has 4 heteroatoms. The second-order valence-electron chi connectivity index (χ2n) is 6.70. The molecule has 0 saturated carbocycles. The molecular formula is C20H23ClN2O. The minimum absolute atomic E-state index is 0. The summed E-state index contributed by atoms with van der Waals surface area (Å²) in [7, 11) is 0. The molecule has 0 spiro atoms. The molecule has 0 aromatic heterocycles. The van der Waals surface area contributed by atoms with Gasteiger partial charge in [0.1, 0.15) is 0 Å². The van der Waals surface area contributed by atoms with Gasteiger partial charge in [0.15, 0.2) is 0 Å². The van der Waals surface area contributed by atoms with Crippen molar-refractivity contribution in [1.29, 1.82) is 0 Å². The van der Waals surface area contributed by atoms with Gasteiger partial charge < -0.3 is 5.73 Å². The highest BCUT2D eigenvalue weighted by atomic mass is 35.5. The van der Waals surface area contributed by atoms with Gasteiger partial charge in [0.05, 0.1) is 6.04 Å². The van der Waals surface area contributed by atoms with E-state index in [1.54, 1.807) is 0 Å². The number of fused-ring (bicyclic) bond motifs is 2. The number of primary amides is 1. The number of rotatable bonds is 2. The summed E-state index contributed by atoms with van der Waals surface area (Å²) in [5, 5.41) is 3.55. The van der Waals surface area contributed by atoms with E-state index in [9.17, 15) is 4.79 Å². The fraction of sp³-hybridized carbons (Fsp3) is 0.350. The van der Waals surface area contributed by atoms with Crippen LogP contribution >= 0.6 is 12.4 Å². The molecule has 3 N–H and O–H groups in total. The first-order chi connectivity index (χ1) is 11.2. The predicted molar refractivity (Wildman–Crippen MR) is 98.4 cm³/mol. The molecule has 1 heterocycles. The van der Waals surface area contributed by atoms with Crippen LogP contribution in [-0.4, -0.2) is 11.9 Å². The van der Waals surface area contributed by atoms with Gasteiger partial charge in [-0.25, -0.2) is 0 Å². The van der Waals surface area contributed by atoms with Crippen molar-refractivity contribution in [3.63, 3.8) is 0 Å². The molecule has 2 aromatic rings. The molecule has 0 radical (unpaired) electrons. The molecule has 3 atom stereocenters. The van der Waals surface area contributed by atoms with Crippen LogP contribution in [-0.2, 0) is 17.6 Å². The van der Waals surface area contributed by atoms with E-state index in [1.165, 1.54) is 28.7 Å². The molecule has 2 aliphatic rings. The maximum absolute atomic E-state index is 11.8. The number of carbonyl (C=O) groups is 1. The summed E-state index contributed by atoms with van der Waals surface area (Å²) >= 11 is 0. The Labute approximate surface area is 149 Å². The Morgan fingerprint density at radius 2 is 1.67 bits per heavy atom. The standard InChI is InChI=1S/C20H22N2O.ClH/c21-20(23)18-12-14-7-2-4-10-16(14)19(22-18)17-11-5-8-13-6-1-3-9-15(13)17;/h1-4,6-7,9-10,17-19,22H,5,8,11-12H2,(H2,21,23);1H/t17-,18?,19?;/m1./s1. The lowest BCUT2D eigenvalue weighted by Crippen LogP contribution is -2.49. The monoisotopic (exact) mass is 342 g/mol. The Kier molecular flexibility index (Phi) is 4.93. The first kappa shape index (κ1) is 17.0. The van der Waals surface area contributed by atoms with E-state index in [1.807, 2.05) is 6.07 Å². The molecule has 2 aromatic carbocycles. The molecule has 0 bridgehead atoms. The van der Waals surface area contributed by atoms with Crippen LogP contribution in [0.25, 0.3) is 0 Å². The highest BCUT2D eigenvalue weighted by Gasteiger charge is 2.36.